The van der Waals surface area contributed by atoms with Gasteiger partial charge in [-0.15, -0.1) is 0 Å². The molecule has 0 bridgehead atoms. The van der Waals surface area contributed by atoms with Crippen LogP contribution in [0.1, 0.15) is 5.56 Å². The Hall–Kier alpha value is -1.88. The highest BCUT2D eigenvalue weighted by atomic mass is 19.1. The van der Waals surface area contributed by atoms with Gasteiger partial charge >= 0.3 is 0 Å². The van der Waals surface area contributed by atoms with Crippen LogP contribution in [0.4, 0.5) is 4.39 Å². The van der Waals surface area contributed by atoms with Gasteiger partial charge in [-0.1, -0.05) is 0 Å². The van der Waals surface area contributed by atoms with Gasteiger partial charge in [0.05, 0.1) is 11.3 Å². The third kappa shape index (κ3) is 1.69. The van der Waals surface area contributed by atoms with E-state index in [-0.39, 0.29) is 17.9 Å². The first-order valence-corrected chi connectivity index (χ1v) is 4.48. The molecule has 4 N–H and O–H groups in total. The number of rotatable bonds is 2. The third-order valence-corrected chi connectivity index (χ3v) is 2.21. The Labute approximate surface area is 84.9 Å². The van der Waals surface area contributed by atoms with Crippen molar-refractivity contribution in [2.75, 3.05) is 0 Å². The van der Waals surface area contributed by atoms with Crippen molar-refractivity contribution in [3.63, 3.8) is 0 Å². The van der Waals surface area contributed by atoms with Gasteiger partial charge in [0.1, 0.15) is 5.82 Å². The Morgan fingerprint density at radius 2 is 1.87 bits per heavy atom. The van der Waals surface area contributed by atoms with Gasteiger partial charge in [-0.2, -0.15) is 0 Å². The molecular formula is C10H10FN3O. The molecule has 0 saturated carbocycles. The molecule has 78 valence electrons. The van der Waals surface area contributed by atoms with Crippen LogP contribution in [0, 0.1) is 5.82 Å². The van der Waals surface area contributed by atoms with Crippen LogP contribution < -0.4 is 11.3 Å². The van der Waals surface area contributed by atoms with Crippen molar-refractivity contribution in [1.82, 2.24) is 10.2 Å². The summed E-state index contributed by atoms with van der Waals surface area (Å²) < 4.78 is 12.7. The summed E-state index contributed by atoms with van der Waals surface area (Å²) in [6.07, 6.45) is 0. The first-order valence-electron chi connectivity index (χ1n) is 4.48. The molecule has 0 saturated heterocycles. The van der Waals surface area contributed by atoms with Crippen molar-refractivity contribution < 1.29 is 4.39 Å². The van der Waals surface area contributed by atoms with E-state index < -0.39 is 0 Å². The van der Waals surface area contributed by atoms with Crippen LogP contribution in [0.5, 0.6) is 0 Å². The Balaban J connectivity index is 2.54. The van der Waals surface area contributed by atoms with Gasteiger partial charge in [0.15, 0.2) is 0 Å². The van der Waals surface area contributed by atoms with Crippen molar-refractivity contribution >= 4 is 0 Å². The maximum Gasteiger partial charge on any atom is 0.269 e. The van der Waals surface area contributed by atoms with E-state index in [9.17, 15) is 9.18 Å². The third-order valence-electron chi connectivity index (χ3n) is 2.21. The molecule has 0 aliphatic carbocycles. The lowest BCUT2D eigenvalue weighted by Gasteiger charge is -1.99. The fourth-order valence-corrected chi connectivity index (χ4v) is 1.44. The van der Waals surface area contributed by atoms with Crippen molar-refractivity contribution in [3.8, 4) is 11.3 Å². The molecular weight excluding hydrogens is 197 g/mol. The molecule has 0 fully saturated rings. The topological polar surface area (TPSA) is 74.7 Å². The van der Waals surface area contributed by atoms with E-state index in [1.807, 2.05) is 0 Å². The lowest BCUT2D eigenvalue weighted by Crippen LogP contribution is -2.10. The van der Waals surface area contributed by atoms with Gasteiger partial charge in [0.2, 0.25) is 0 Å². The fourth-order valence-electron chi connectivity index (χ4n) is 1.44. The first kappa shape index (κ1) is 9.67. The van der Waals surface area contributed by atoms with Gasteiger partial charge in [0.25, 0.3) is 5.56 Å². The molecule has 0 aliphatic rings. The average molecular weight is 207 g/mol. The van der Waals surface area contributed by atoms with E-state index in [4.69, 9.17) is 5.73 Å². The number of halogens is 1. The Morgan fingerprint density at radius 1 is 1.20 bits per heavy atom. The van der Waals surface area contributed by atoms with E-state index >= 15 is 0 Å². The minimum absolute atomic E-state index is 0.144. The van der Waals surface area contributed by atoms with Crippen molar-refractivity contribution in [2.24, 2.45) is 5.73 Å². The number of nitrogens with two attached hydrogens (primary N) is 1. The summed E-state index contributed by atoms with van der Waals surface area (Å²) in [5.41, 5.74) is 7.03. The molecule has 0 unspecified atom stereocenters. The van der Waals surface area contributed by atoms with Gasteiger partial charge in [-0.25, -0.2) is 4.39 Å². The van der Waals surface area contributed by atoms with Crippen LogP contribution >= 0.6 is 0 Å². The van der Waals surface area contributed by atoms with Crippen molar-refractivity contribution in [1.29, 1.82) is 0 Å². The zero-order valence-corrected chi connectivity index (χ0v) is 7.88. The zero-order valence-electron chi connectivity index (χ0n) is 7.88. The summed E-state index contributed by atoms with van der Waals surface area (Å²) in [5.74, 6) is -0.314. The second-order valence-corrected chi connectivity index (χ2v) is 3.14. The van der Waals surface area contributed by atoms with Gasteiger partial charge < -0.3 is 5.73 Å². The summed E-state index contributed by atoms with van der Waals surface area (Å²) in [7, 11) is 0. The molecule has 5 heteroatoms. The minimum atomic E-state index is -0.314. The summed E-state index contributed by atoms with van der Waals surface area (Å²) in [6.45, 7) is 0.144. The van der Waals surface area contributed by atoms with Crippen LogP contribution in [0.15, 0.2) is 29.1 Å². The van der Waals surface area contributed by atoms with Crippen LogP contribution in [0.25, 0.3) is 11.3 Å². The maximum absolute atomic E-state index is 12.7. The minimum Gasteiger partial charge on any atom is -0.326 e. The predicted octanol–water partition coefficient (Wildman–Crippen LogP) is 0.968. The molecule has 2 aromatic rings. The van der Waals surface area contributed by atoms with Crippen molar-refractivity contribution in [2.45, 2.75) is 6.54 Å². The normalized spacial score (nSPS) is 10.5. The number of hydrogen-bond acceptors (Lipinski definition) is 2. The number of aromatic nitrogens is 2. The molecule has 1 aromatic heterocycles. The standard InChI is InChI=1S/C10H10FN3O/c11-7-3-1-6(2-4-7)9-8(5-12)10(15)14-13-9/h1-4H,5,12H2,(H2,13,14,15). The number of benzene rings is 1. The molecule has 0 spiro atoms. The number of aromatic amines is 2. The quantitative estimate of drug-likeness (QED) is 0.686. The van der Waals surface area contributed by atoms with Crippen LogP contribution in [-0.4, -0.2) is 10.2 Å². The SMILES string of the molecule is NCc1c(-c2ccc(F)cc2)[nH][nH]c1=O. The molecule has 0 aliphatic heterocycles. The monoisotopic (exact) mass is 207 g/mol. The van der Waals surface area contributed by atoms with Gasteiger partial charge in [0, 0.05) is 12.1 Å². The van der Waals surface area contributed by atoms with E-state index in [1.54, 1.807) is 12.1 Å². The lowest BCUT2D eigenvalue weighted by molar-refractivity contribution is 0.628. The maximum atomic E-state index is 12.7. The summed E-state index contributed by atoms with van der Waals surface area (Å²) in [4.78, 5) is 11.3. The Kier molecular flexibility index (Phi) is 2.39. The van der Waals surface area contributed by atoms with E-state index in [2.05, 4.69) is 10.2 Å². The summed E-state index contributed by atoms with van der Waals surface area (Å²) in [5, 5.41) is 5.17. The summed E-state index contributed by atoms with van der Waals surface area (Å²) >= 11 is 0. The van der Waals surface area contributed by atoms with Crippen LogP contribution in [0.3, 0.4) is 0 Å². The van der Waals surface area contributed by atoms with E-state index in [1.165, 1.54) is 12.1 Å². The first-order chi connectivity index (χ1) is 7.22. The number of H-pyrrole nitrogens is 2. The molecule has 1 aromatic carbocycles. The Bertz CT molecular complexity index is 512. The molecule has 0 amide bonds. The highest BCUT2D eigenvalue weighted by molar-refractivity contribution is 5.62. The molecule has 4 nitrogen and oxygen atoms in total. The number of nitrogens with one attached hydrogen (secondary N) is 2. The van der Waals surface area contributed by atoms with Gasteiger partial charge in [-0.3, -0.25) is 15.0 Å². The van der Waals surface area contributed by atoms with Crippen molar-refractivity contribution in [3.05, 3.63) is 46.0 Å². The Morgan fingerprint density at radius 3 is 2.47 bits per heavy atom. The largest absolute Gasteiger partial charge is 0.326 e. The highest BCUT2D eigenvalue weighted by Crippen LogP contribution is 2.18. The van der Waals surface area contributed by atoms with E-state index in [0.29, 0.717) is 11.3 Å². The molecule has 2 rings (SSSR count). The van der Waals surface area contributed by atoms with Crippen LogP contribution in [-0.2, 0) is 6.54 Å². The summed E-state index contributed by atoms with van der Waals surface area (Å²) in [6, 6.07) is 5.85. The second-order valence-electron chi connectivity index (χ2n) is 3.14. The zero-order chi connectivity index (χ0) is 10.8. The molecule has 15 heavy (non-hydrogen) atoms. The lowest BCUT2D eigenvalue weighted by atomic mass is 10.1. The second kappa shape index (κ2) is 3.70. The fraction of sp³-hybridized carbons (Fsp3) is 0.100. The van der Waals surface area contributed by atoms with E-state index in [0.717, 1.165) is 5.56 Å². The predicted molar refractivity (Wildman–Crippen MR) is 54.7 cm³/mol. The number of hydrogen-bond donors (Lipinski definition) is 3. The smallest absolute Gasteiger partial charge is 0.269 e. The highest BCUT2D eigenvalue weighted by Gasteiger charge is 2.09. The molecule has 0 atom stereocenters. The van der Waals surface area contributed by atoms with Gasteiger partial charge in [-0.05, 0) is 24.3 Å². The van der Waals surface area contributed by atoms with Crippen LogP contribution in [0.2, 0.25) is 0 Å². The molecule has 1 heterocycles. The average Bonchev–Trinajstić information content (AvgIpc) is 2.61. The molecule has 0 radical (unpaired) electrons.